The van der Waals surface area contributed by atoms with Gasteiger partial charge in [0.15, 0.2) is 0 Å². The number of carbonyl (C=O) groups is 1. The SMILES string of the molecule is COc1ccc2c(c1)nc(OCCCCNC(=O)OC(C)(C)C)c1nnc(C)n12. The molecule has 156 valence electrons. The van der Waals surface area contributed by atoms with Crippen molar-refractivity contribution in [2.45, 2.75) is 46.1 Å². The highest BCUT2D eigenvalue weighted by Gasteiger charge is 2.16. The fraction of sp³-hybridized carbons (Fsp3) is 0.500. The summed E-state index contributed by atoms with van der Waals surface area (Å²) >= 11 is 0. The van der Waals surface area contributed by atoms with Gasteiger partial charge in [-0.25, -0.2) is 9.78 Å². The van der Waals surface area contributed by atoms with Crippen molar-refractivity contribution in [1.29, 1.82) is 0 Å². The lowest BCUT2D eigenvalue weighted by atomic mass is 10.2. The van der Waals surface area contributed by atoms with Crippen molar-refractivity contribution in [2.24, 2.45) is 0 Å². The van der Waals surface area contributed by atoms with Crippen LogP contribution in [0.25, 0.3) is 16.7 Å². The van der Waals surface area contributed by atoms with Gasteiger partial charge in [0, 0.05) is 12.6 Å². The van der Waals surface area contributed by atoms with Gasteiger partial charge in [0.1, 0.15) is 17.2 Å². The fourth-order valence-corrected chi connectivity index (χ4v) is 2.85. The van der Waals surface area contributed by atoms with Gasteiger partial charge >= 0.3 is 6.09 Å². The first-order valence-corrected chi connectivity index (χ1v) is 9.57. The summed E-state index contributed by atoms with van der Waals surface area (Å²) in [6.07, 6.45) is 1.08. The number of nitrogens with zero attached hydrogens (tertiary/aromatic N) is 4. The number of methoxy groups -OCH3 is 1. The van der Waals surface area contributed by atoms with Gasteiger partial charge in [-0.3, -0.25) is 4.40 Å². The molecule has 3 aromatic rings. The van der Waals surface area contributed by atoms with E-state index < -0.39 is 11.7 Å². The molecule has 0 radical (unpaired) electrons. The standard InChI is InChI=1S/C20H27N5O4/c1-13-23-24-17-18(22-15-12-14(27-5)8-9-16(15)25(13)17)28-11-7-6-10-21-19(26)29-20(2,3)4/h8-9,12H,6-7,10-11H2,1-5H3,(H,21,26). The number of aromatic nitrogens is 4. The molecule has 29 heavy (non-hydrogen) atoms. The molecule has 0 atom stereocenters. The van der Waals surface area contributed by atoms with Crippen LogP contribution >= 0.6 is 0 Å². The number of carbonyl (C=O) groups excluding carboxylic acids is 1. The fourth-order valence-electron chi connectivity index (χ4n) is 2.85. The normalized spacial score (nSPS) is 11.6. The molecule has 0 spiro atoms. The quantitative estimate of drug-likeness (QED) is 0.606. The van der Waals surface area contributed by atoms with Crippen LogP contribution in [0.2, 0.25) is 0 Å². The van der Waals surface area contributed by atoms with E-state index in [-0.39, 0.29) is 0 Å². The molecule has 0 aliphatic carbocycles. The van der Waals surface area contributed by atoms with Crippen molar-refractivity contribution >= 4 is 22.8 Å². The van der Waals surface area contributed by atoms with Gasteiger partial charge in [-0.15, -0.1) is 10.2 Å². The van der Waals surface area contributed by atoms with E-state index in [4.69, 9.17) is 14.2 Å². The van der Waals surface area contributed by atoms with E-state index in [2.05, 4.69) is 20.5 Å². The van der Waals surface area contributed by atoms with E-state index in [0.717, 1.165) is 29.7 Å². The van der Waals surface area contributed by atoms with E-state index in [1.807, 2.05) is 50.3 Å². The summed E-state index contributed by atoms with van der Waals surface area (Å²) in [6.45, 7) is 8.34. The van der Waals surface area contributed by atoms with Crippen LogP contribution in [0.3, 0.4) is 0 Å². The van der Waals surface area contributed by atoms with E-state index in [0.29, 0.717) is 30.4 Å². The highest BCUT2D eigenvalue weighted by molar-refractivity contribution is 5.81. The summed E-state index contributed by atoms with van der Waals surface area (Å²) in [6, 6.07) is 5.66. The van der Waals surface area contributed by atoms with Gasteiger partial charge in [0.25, 0.3) is 5.88 Å². The Bertz CT molecular complexity index is 1010. The lowest BCUT2D eigenvalue weighted by Crippen LogP contribution is -2.33. The minimum atomic E-state index is -0.501. The number of hydrogen-bond donors (Lipinski definition) is 1. The molecule has 9 heteroatoms. The maximum absolute atomic E-state index is 11.6. The predicted molar refractivity (Wildman–Crippen MR) is 109 cm³/mol. The Balaban J connectivity index is 1.62. The lowest BCUT2D eigenvalue weighted by Gasteiger charge is -2.19. The zero-order valence-corrected chi connectivity index (χ0v) is 17.5. The molecule has 3 rings (SSSR count). The van der Waals surface area contributed by atoms with Gasteiger partial charge in [0.2, 0.25) is 5.65 Å². The zero-order valence-electron chi connectivity index (χ0n) is 17.5. The number of amides is 1. The number of benzene rings is 1. The number of unbranched alkanes of at least 4 members (excludes halogenated alkanes) is 1. The molecule has 9 nitrogen and oxygen atoms in total. The van der Waals surface area contributed by atoms with Crippen LogP contribution in [-0.2, 0) is 4.74 Å². The van der Waals surface area contributed by atoms with Crippen molar-refractivity contribution in [2.75, 3.05) is 20.3 Å². The smallest absolute Gasteiger partial charge is 0.407 e. The Morgan fingerprint density at radius 1 is 1.21 bits per heavy atom. The van der Waals surface area contributed by atoms with Crippen LogP contribution in [0.1, 0.15) is 39.4 Å². The summed E-state index contributed by atoms with van der Waals surface area (Å²) in [5, 5.41) is 11.1. The van der Waals surface area contributed by atoms with Gasteiger partial charge in [0.05, 0.1) is 24.8 Å². The van der Waals surface area contributed by atoms with Crippen molar-refractivity contribution < 1.29 is 19.0 Å². The second-order valence-electron chi connectivity index (χ2n) is 7.66. The minimum absolute atomic E-state index is 0.413. The Morgan fingerprint density at radius 3 is 2.72 bits per heavy atom. The van der Waals surface area contributed by atoms with Crippen LogP contribution in [0.5, 0.6) is 11.6 Å². The highest BCUT2D eigenvalue weighted by Crippen LogP contribution is 2.26. The molecule has 2 aromatic heterocycles. The van der Waals surface area contributed by atoms with Crippen molar-refractivity contribution in [3.05, 3.63) is 24.0 Å². The van der Waals surface area contributed by atoms with E-state index >= 15 is 0 Å². The second-order valence-corrected chi connectivity index (χ2v) is 7.66. The first kappa shape index (κ1) is 20.6. The number of alkyl carbamates (subject to hydrolysis) is 1. The lowest BCUT2D eigenvalue weighted by molar-refractivity contribution is 0.0526. The first-order valence-electron chi connectivity index (χ1n) is 9.57. The minimum Gasteiger partial charge on any atom is -0.497 e. The molecule has 0 aliphatic heterocycles. The summed E-state index contributed by atoms with van der Waals surface area (Å²) in [7, 11) is 1.62. The van der Waals surface area contributed by atoms with Crippen LogP contribution in [0, 0.1) is 6.92 Å². The van der Waals surface area contributed by atoms with Gasteiger partial charge in [-0.1, -0.05) is 0 Å². The third kappa shape index (κ3) is 5.04. The maximum atomic E-state index is 11.6. The molecule has 0 saturated heterocycles. The Morgan fingerprint density at radius 2 is 2.00 bits per heavy atom. The van der Waals surface area contributed by atoms with Crippen molar-refractivity contribution in [1.82, 2.24) is 24.9 Å². The van der Waals surface area contributed by atoms with Crippen LogP contribution < -0.4 is 14.8 Å². The molecule has 0 saturated carbocycles. The molecule has 0 aliphatic rings. The second kappa shape index (κ2) is 8.50. The maximum Gasteiger partial charge on any atom is 0.407 e. The van der Waals surface area contributed by atoms with Crippen molar-refractivity contribution in [3.63, 3.8) is 0 Å². The third-order valence-electron chi connectivity index (χ3n) is 4.14. The number of aryl methyl sites for hydroxylation is 1. The van der Waals surface area contributed by atoms with E-state index in [1.165, 1.54) is 0 Å². The molecule has 0 fully saturated rings. The summed E-state index contributed by atoms with van der Waals surface area (Å²) in [5.41, 5.74) is 1.70. The van der Waals surface area contributed by atoms with Crippen molar-refractivity contribution in [3.8, 4) is 11.6 Å². The molecule has 1 amide bonds. The molecule has 1 aromatic carbocycles. The predicted octanol–water partition coefficient (Wildman–Crippen LogP) is 3.28. The molecular weight excluding hydrogens is 374 g/mol. The zero-order chi connectivity index (χ0) is 21.0. The van der Waals surface area contributed by atoms with E-state index in [1.54, 1.807) is 7.11 Å². The summed E-state index contributed by atoms with van der Waals surface area (Å²) < 4.78 is 18.3. The molecular formula is C20H27N5O4. The summed E-state index contributed by atoms with van der Waals surface area (Å²) in [5.74, 6) is 1.89. The number of rotatable bonds is 7. The number of nitrogens with one attached hydrogen (secondary N) is 1. The van der Waals surface area contributed by atoms with Crippen LogP contribution in [0.4, 0.5) is 4.79 Å². The number of fused-ring (bicyclic) bond motifs is 3. The number of ether oxygens (including phenoxy) is 3. The van der Waals surface area contributed by atoms with E-state index in [9.17, 15) is 4.79 Å². The Hall–Kier alpha value is -3.10. The Labute approximate surface area is 169 Å². The molecule has 1 N–H and O–H groups in total. The highest BCUT2D eigenvalue weighted by atomic mass is 16.6. The molecule has 0 unspecified atom stereocenters. The van der Waals surface area contributed by atoms with Gasteiger partial charge < -0.3 is 19.5 Å². The summed E-state index contributed by atoms with van der Waals surface area (Å²) in [4.78, 5) is 16.2. The molecule has 0 bridgehead atoms. The average Bonchev–Trinajstić information content (AvgIpc) is 3.04. The largest absolute Gasteiger partial charge is 0.497 e. The van der Waals surface area contributed by atoms with Crippen LogP contribution in [-0.4, -0.2) is 51.5 Å². The third-order valence-corrected chi connectivity index (χ3v) is 4.14. The Kier molecular flexibility index (Phi) is 6.05. The van der Waals surface area contributed by atoms with Gasteiger partial charge in [-0.2, -0.15) is 0 Å². The topological polar surface area (TPSA) is 99.9 Å². The molecule has 2 heterocycles. The first-order chi connectivity index (χ1) is 13.8. The monoisotopic (exact) mass is 401 g/mol. The average molecular weight is 401 g/mol. The van der Waals surface area contributed by atoms with Crippen LogP contribution in [0.15, 0.2) is 18.2 Å². The van der Waals surface area contributed by atoms with Gasteiger partial charge in [-0.05, 0) is 52.7 Å². The number of hydrogen-bond acceptors (Lipinski definition) is 7.